The molecule has 0 unspecified atom stereocenters. The Kier molecular flexibility index (Phi) is 3.57. The van der Waals surface area contributed by atoms with Crippen molar-refractivity contribution in [3.8, 4) is 22.5 Å². The molecule has 0 aliphatic carbocycles. The molecule has 0 aliphatic heterocycles. The number of aromatic nitrogens is 3. The molecule has 1 aromatic heterocycles. The molecule has 3 heteroatoms. The van der Waals surface area contributed by atoms with E-state index in [-0.39, 0.29) is 0 Å². The Balaban J connectivity index is 2.25. The zero-order valence-corrected chi connectivity index (χ0v) is 12.7. The van der Waals surface area contributed by atoms with E-state index >= 15 is 0 Å². The van der Waals surface area contributed by atoms with Crippen LogP contribution in [0.4, 0.5) is 0 Å². The lowest BCUT2D eigenvalue weighted by Crippen LogP contribution is -1.97. The third-order valence-corrected chi connectivity index (χ3v) is 3.88. The average molecular weight is 277 g/mol. The predicted octanol–water partition coefficient (Wildman–Crippen LogP) is 4.02. The van der Waals surface area contributed by atoms with Crippen LogP contribution in [0.5, 0.6) is 0 Å². The molecule has 0 saturated heterocycles. The van der Waals surface area contributed by atoms with Crippen LogP contribution in [0.25, 0.3) is 22.5 Å². The topological polar surface area (TPSA) is 30.7 Å². The molecule has 3 nitrogen and oxygen atoms in total. The number of benzene rings is 2. The van der Waals surface area contributed by atoms with Gasteiger partial charge in [0.1, 0.15) is 5.69 Å². The lowest BCUT2D eigenvalue weighted by atomic mass is 9.97. The van der Waals surface area contributed by atoms with Gasteiger partial charge >= 0.3 is 0 Å². The first-order chi connectivity index (χ1) is 10.2. The van der Waals surface area contributed by atoms with Crippen LogP contribution < -0.4 is 0 Å². The standard InChI is InChI=1S/C18H19N3/c1-4-14-10-6-8-12-16(14)18-17(19-20-21(18)3)15-11-7-5-9-13(15)2/h5-12H,4H2,1-3H3. The summed E-state index contributed by atoms with van der Waals surface area (Å²) in [6.07, 6.45) is 0.995. The molecule has 3 aromatic rings. The fourth-order valence-electron chi connectivity index (χ4n) is 2.74. The zero-order chi connectivity index (χ0) is 14.8. The molecule has 0 bridgehead atoms. The van der Waals surface area contributed by atoms with Gasteiger partial charge in [-0.1, -0.05) is 60.7 Å². The van der Waals surface area contributed by atoms with E-state index in [4.69, 9.17) is 0 Å². The lowest BCUT2D eigenvalue weighted by molar-refractivity contribution is 0.720. The minimum Gasteiger partial charge on any atom is -0.247 e. The van der Waals surface area contributed by atoms with Crippen LogP contribution in [0.15, 0.2) is 48.5 Å². The molecule has 0 spiro atoms. The number of rotatable bonds is 3. The Morgan fingerprint density at radius 3 is 2.33 bits per heavy atom. The maximum atomic E-state index is 4.41. The van der Waals surface area contributed by atoms with Gasteiger partial charge in [-0.3, -0.25) is 0 Å². The Bertz CT molecular complexity index is 772. The molecule has 21 heavy (non-hydrogen) atoms. The van der Waals surface area contributed by atoms with Crippen LogP contribution in [-0.4, -0.2) is 15.0 Å². The summed E-state index contributed by atoms with van der Waals surface area (Å²) in [4.78, 5) is 0. The van der Waals surface area contributed by atoms with Gasteiger partial charge in [0.2, 0.25) is 0 Å². The van der Waals surface area contributed by atoms with Gasteiger partial charge in [0, 0.05) is 18.2 Å². The number of aryl methyl sites for hydroxylation is 3. The van der Waals surface area contributed by atoms with Crippen molar-refractivity contribution in [2.45, 2.75) is 20.3 Å². The molecule has 0 N–H and O–H groups in total. The van der Waals surface area contributed by atoms with Gasteiger partial charge in [0.25, 0.3) is 0 Å². The summed E-state index contributed by atoms with van der Waals surface area (Å²) in [6.45, 7) is 4.29. The minimum absolute atomic E-state index is 0.955. The highest BCUT2D eigenvalue weighted by Gasteiger charge is 2.17. The lowest BCUT2D eigenvalue weighted by Gasteiger charge is -2.10. The van der Waals surface area contributed by atoms with Crippen molar-refractivity contribution in [2.24, 2.45) is 7.05 Å². The van der Waals surface area contributed by atoms with Crippen molar-refractivity contribution in [3.63, 3.8) is 0 Å². The predicted molar refractivity (Wildman–Crippen MR) is 86.0 cm³/mol. The highest BCUT2D eigenvalue weighted by atomic mass is 15.4. The molecular weight excluding hydrogens is 258 g/mol. The fourth-order valence-corrected chi connectivity index (χ4v) is 2.74. The number of nitrogens with zero attached hydrogens (tertiary/aromatic N) is 3. The van der Waals surface area contributed by atoms with E-state index in [1.54, 1.807) is 0 Å². The van der Waals surface area contributed by atoms with Crippen LogP contribution in [0, 0.1) is 6.92 Å². The van der Waals surface area contributed by atoms with Gasteiger partial charge in [0.05, 0.1) is 5.69 Å². The van der Waals surface area contributed by atoms with Gasteiger partial charge in [-0.15, -0.1) is 5.10 Å². The van der Waals surface area contributed by atoms with Crippen LogP contribution in [0.1, 0.15) is 18.1 Å². The SMILES string of the molecule is CCc1ccccc1-c1c(-c2ccccc2C)nnn1C. The Labute approximate surface area is 125 Å². The molecule has 3 rings (SSSR count). The Hall–Kier alpha value is -2.42. The van der Waals surface area contributed by atoms with E-state index < -0.39 is 0 Å². The molecule has 0 fully saturated rings. The summed E-state index contributed by atoms with van der Waals surface area (Å²) in [5, 5.41) is 8.66. The minimum atomic E-state index is 0.955. The first-order valence-corrected chi connectivity index (χ1v) is 7.26. The number of hydrogen-bond donors (Lipinski definition) is 0. The molecule has 106 valence electrons. The highest BCUT2D eigenvalue weighted by molar-refractivity contribution is 5.81. The second-order valence-electron chi connectivity index (χ2n) is 5.24. The summed E-state index contributed by atoms with van der Waals surface area (Å²) in [5.74, 6) is 0. The second kappa shape index (κ2) is 5.52. The normalized spacial score (nSPS) is 10.8. The van der Waals surface area contributed by atoms with Crippen molar-refractivity contribution in [3.05, 3.63) is 59.7 Å². The third kappa shape index (κ3) is 2.35. The summed E-state index contributed by atoms with van der Waals surface area (Å²) in [7, 11) is 1.95. The first kappa shape index (κ1) is 13.6. The third-order valence-electron chi connectivity index (χ3n) is 3.88. The molecule has 0 saturated carbocycles. The molecule has 0 amide bonds. The average Bonchev–Trinajstić information content (AvgIpc) is 2.89. The van der Waals surface area contributed by atoms with Gasteiger partial charge in [-0.25, -0.2) is 4.68 Å². The van der Waals surface area contributed by atoms with Crippen molar-refractivity contribution in [1.29, 1.82) is 0 Å². The zero-order valence-electron chi connectivity index (χ0n) is 12.7. The van der Waals surface area contributed by atoms with Gasteiger partial charge in [-0.2, -0.15) is 0 Å². The molecule has 2 aromatic carbocycles. The highest BCUT2D eigenvalue weighted by Crippen LogP contribution is 2.33. The molecule has 0 radical (unpaired) electrons. The van der Waals surface area contributed by atoms with Crippen LogP contribution in [0.3, 0.4) is 0 Å². The van der Waals surface area contributed by atoms with E-state index in [0.717, 1.165) is 23.4 Å². The van der Waals surface area contributed by atoms with Crippen molar-refractivity contribution in [1.82, 2.24) is 15.0 Å². The van der Waals surface area contributed by atoms with Crippen molar-refractivity contribution in [2.75, 3.05) is 0 Å². The smallest absolute Gasteiger partial charge is 0.121 e. The molecule has 1 heterocycles. The molecule has 0 atom stereocenters. The van der Waals surface area contributed by atoms with Gasteiger partial charge < -0.3 is 0 Å². The molecule has 0 aliphatic rings. The maximum absolute atomic E-state index is 4.41. The summed E-state index contributed by atoms with van der Waals surface area (Å²) < 4.78 is 1.87. The fraction of sp³-hybridized carbons (Fsp3) is 0.222. The maximum Gasteiger partial charge on any atom is 0.121 e. The quantitative estimate of drug-likeness (QED) is 0.724. The summed E-state index contributed by atoms with van der Waals surface area (Å²) in [6, 6.07) is 16.8. The van der Waals surface area contributed by atoms with E-state index in [0.29, 0.717) is 0 Å². The van der Waals surface area contributed by atoms with Crippen LogP contribution in [-0.2, 0) is 13.5 Å². The second-order valence-corrected chi connectivity index (χ2v) is 5.24. The van der Waals surface area contributed by atoms with Crippen LogP contribution in [0.2, 0.25) is 0 Å². The van der Waals surface area contributed by atoms with Gasteiger partial charge in [-0.05, 0) is 24.5 Å². The largest absolute Gasteiger partial charge is 0.247 e. The monoisotopic (exact) mass is 277 g/mol. The number of hydrogen-bond acceptors (Lipinski definition) is 2. The first-order valence-electron chi connectivity index (χ1n) is 7.26. The van der Waals surface area contributed by atoms with E-state index in [1.165, 1.54) is 16.7 Å². The molecular formula is C18H19N3. The van der Waals surface area contributed by atoms with Crippen molar-refractivity contribution < 1.29 is 0 Å². The Morgan fingerprint density at radius 2 is 1.62 bits per heavy atom. The van der Waals surface area contributed by atoms with Crippen LogP contribution >= 0.6 is 0 Å². The van der Waals surface area contributed by atoms with Gasteiger partial charge in [0.15, 0.2) is 0 Å². The summed E-state index contributed by atoms with van der Waals surface area (Å²) in [5.41, 5.74) is 6.93. The van der Waals surface area contributed by atoms with E-state index in [2.05, 4.69) is 66.6 Å². The van der Waals surface area contributed by atoms with E-state index in [9.17, 15) is 0 Å². The summed E-state index contributed by atoms with van der Waals surface area (Å²) >= 11 is 0. The Morgan fingerprint density at radius 1 is 0.952 bits per heavy atom. The van der Waals surface area contributed by atoms with E-state index in [1.807, 2.05) is 17.8 Å². The van der Waals surface area contributed by atoms with Crippen molar-refractivity contribution >= 4 is 0 Å².